The summed E-state index contributed by atoms with van der Waals surface area (Å²) >= 11 is 0. The molecule has 1 fully saturated rings. The van der Waals surface area contributed by atoms with Gasteiger partial charge in [-0.05, 0) is 43.0 Å². The molecule has 2 rings (SSSR count). The third-order valence-electron chi connectivity index (χ3n) is 4.79. The third-order valence-corrected chi connectivity index (χ3v) is 4.79. The van der Waals surface area contributed by atoms with Crippen molar-refractivity contribution in [1.29, 1.82) is 0 Å². The number of esters is 1. The molecule has 2 atom stereocenters. The number of hydrogen-bond donors (Lipinski definition) is 3. The van der Waals surface area contributed by atoms with Crippen molar-refractivity contribution in [2.75, 3.05) is 20.3 Å². The molecule has 0 aromatic heterocycles. The third kappa shape index (κ3) is 7.44. The van der Waals surface area contributed by atoms with Gasteiger partial charge in [-0.2, -0.15) is 0 Å². The van der Waals surface area contributed by atoms with Crippen LogP contribution in [0.5, 0.6) is 5.75 Å². The van der Waals surface area contributed by atoms with Crippen LogP contribution in [-0.2, 0) is 14.3 Å². The number of nitrogens with one attached hydrogen (secondary N) is 3. The van der Waals surface area contributed by atoms with Gasteiger partial charge in [0.15, 0.2) is 6.61 Å². The van der Waals surface area contributed by atoms with E-state index in [2.05, 4.69) is 22.9 Å². The Morgan fingerprint density at radius 2 is 1.76 bits per heavy atom. The molecule has 0 saturated heterocycles. The lowest BCUT2D eigenvalue weighted by molar-refractivity contribution is -0.147. The number of ether oxygens (including phenoxy) is 2. The summed E-state index contributed by atoms with van der Waals surface area (Å²) in [5.41, 5.74) is 0.352. The molecule has 9 heteroatoms. The first kappa shape index (κ1) is 22.2. The van der Waals surface area contributed by atoms with Crippen LogP contribution in [0.25, 0.3) is 0 Å². The van der Waals surface area contributed by atoms with E-state index in [1.165, 1.54) is 7.11 Å². The maximum absolute atomic E-state index is 12.0. The number of amides is 4. The second kappa shape index (κ2) is 11.0. The first-order chi connectivity index (χ1) is 13.9. The molecule has 9 nitrogen and oxygen atoms in total. The Hall–Kier alpha value is -3.10. The van der Waals surface area contributed by atoms with E-state index < -0.39 is 37.0 Å². The molecule has 3 N–H and O–H groups in total. The van der Waals surface area contributed by atoms with Crippen LogP contribution < -0.4 is 20.7 Å². The highest BCUT2D eigenvalue weighted by Crippen LogP contribution is 2.23. The van der Waals surface area contributed by atoms with E-state index in [1.807, 2.05) is 0 Å². The number of carbonyl (C=O) groups excluding carboxylic acids is 4. The lowest BCUT2D eigenvalue weighted by Gasteiger charge is -2.29. The molecular formula is C20H27N3O6. The molecule has 1 aliphatic rings. The van der Waals surface area contributed by atoms with Crippen molar-refractivity contribution in [3.63, 3.8) is 0 Å². The van der Waals surface area contributed by atoms with Crippen LogP contribution in [0.1, 0.15) is 43.0 Å². The smallest absolute Gasteiger partial charge is 0.325 e. The van der Waals surface area contributed by atoms with Crippen LogP contribution in [0.15, 0.2) is 24.3 Å². The quantitative estimate of drug-likeness (QED) is 0.589. The zero-order valence-electron chi connectivity index (χ0n) is 16.7. The summed E-state index contributed by atoms with van der Waals surface area (Å²) in [6.07, 6.45) is 4.11. The van der Waals surface area contributed by atoms with Crippen molar-refractivity contribution in [3.8, 4) is 5.75 Å². The number of carbonyl (C=O) groups is 4. The minimum atomic E-state index is -0.789. The minimum absolute atomic E-state index is 0.0345. The highest BCUT2D eigenvalue weighted by atomic mass is 16.5. The van der Waals surface area contributed by atoms with Crippen LogP contribution in [0.3, 0.4) is 0 Å². The lowest BCUT2D eigenvalue weighted by atomic mass is 9.86. The normalized spacial score (nSPS) is 18.3. The van der Waals surface area contributed by atoms with Gasteiger partial charge in [0.1, 0.15) is 12.3 Å². The van der Waals surface area contributed by atoms with E-state index in [4.69, 9.17) is 9.47 Å². The second-order valence-electron chi connectivity index (χ2n) is 6.96. The molecule has 0 aliphatic heterocycles. The first-order valence-corrected chi connectivity index (χ1v) is 9.57. The monoisotopic (exact) mass is 405 g/mol. The van der Waals surface area contributed by atoms with Crippen molar-refractivity contribution in [1.82, 2.24) is 16.0 Å². The van der Waals surface area contributed by atoms with Gasteiger partial charge in [-0.1, -0.05) is 19.8 Å². The molecule has 0 spiro atoms. The van der Waals surface area contributed by atoms with Crippen LogP contribution in [-0.4, -0.2) is 50.1 Å². The molecule has 29 heavy (non-hydrogen) atoms. The topological polar surface area (TPSA) is 123 Å². The Labute approximate surface area is 169 Å². The predicted octanol–water partition coefficient (Wildman–Crippen LogP) is 1.37. The average molecular weight is 405 g/mol. The zero-order valence-corrected chi connectivity index (χ0v) is 16.7. The zero-order chi connectivity index (χ0) is 21.2. The van der Waals surface area contributed by atoms with Gasteiger partial charge in [-0.15, -0.1) is 0 Å². The number of rotatable bonds is 7. The van der Waals surface area contributed by atoms with E-state index in [1.54, 1.807) is 24.3 Å². The second-order valence-corrected chi connectivity index (χ2v) is 6.96. The molecule has 158 valence electrons. The van der Waals surface area contributed by atoms with Crippen LogP contribution in [0, 0.1) is 5.92 Å². The maximum Gasteiger partial charge on any atom is 0.325 e. The fourth-order valence-electron chi connectivity index (χ4n) is 3.09. The average Bonchev–Trinajstić information content (AvgIpc) is 2.72. The van der Waals surface area contributed by atoms with Gasteiger partial charge in [0.2, 0.25) is 0 Å². The predicted molar refractivity (Wildman–Crippen MR) is 104 cm³/mol. The van der Waals surface area contributed by atoms with Gasteiger partial charge in [0, 0.05) is 11.6 Å². The fourth-order valence-corrected chi connectivity index (χ4v) is 3.09. The molecule has 4 amide bonds. The summed E-state index contributed by atoms with van der Waals surface area (Å²) in [5.74, 6) is -1.02. The van der Waals surface area contributed by atoms with Gasteiger partial charge in [-0.3, -0.25) is 19.7 Å². The Kier molecular flexibility index (Phi) is 8.45. The summed E-state index contributed by atoms with van der Waals surface area (Å²) in [4.78, 5) is 47.3. The van der Waals surface area contributed by atoms with Crippen molar-refractivity contribution in [2.24, 2.45) is 5.92 Å². The van der Waals surface area contributed by atoms with Gasteiger partial charge >= 0.3 is 12.0 Å². The molecule has 0 radical (unpaired) electrons. The van der Waals surface area contributed by atoms with Crippen LogP contribution in [0.2, 0.25) is 0 Å². The Morgan fingerprint density at radius 3 is 2.41 bits per heavy atom. The molecule has 1 aromatic rings. The molecule has 0 heterocycles. The van der Waals surface area contributed by atoms with E-state index in [0.29, 0.717) is 17.2 Å². The van der Waals surface area contributed by atoms with E-state index in [9.17, 15) is 19.2 Å². The summed E-state index contributed by atoms with van der Waals surface area (Å²) in [6, 6.07) is 5.79. The molecule has 0 bridgehead atoms. The van der Waals surface area contributed by atoms with Gasteiger partial charge in [0.25, 0.3) is 11.8 Å². The summed E-state index contributed by atoms with van der Waals surface area (Å²) in [5, 5.41) is 7.31. The fraction of sp³-hybridized carbons (Fsp3) is 0.500. The van der Waals surface area contributed by atoms with Crippen molar-refractivity contribution in [3.05, 3.63) is 29.8 Å². The Morgan fingerprint density at radius 1 is 1.07 bits per heavy atom. The molecular weight excluding hydrogens is 378 g/mol. The maximum atomic E-state index is 12.0. The lowest BCUT2D eigenvalue weighted by Crippen LogP contribution is -2.48. The minimum Gasteiger partial charge on any atom is -0.497 e. The van der Waals surface area contributed by atoms with Gasteiger partial charge < -0.3 is 20.1 Å². The number of benzene rings is 1. The number of hydrogen-bond acceptors (Lipinski definition) is 6. The van der Waals surface area contributed by atoms with Crippen LogP contribution >= 0.6 is 0 Å². The van der Waals surface area contributed by atoms with Gasteiger partial charge in [-0.25, -0.2) is 4.79 Å². The SMILES string of the molecule is COc1ccc(C(=O)NCC(=O)OCC(=O)NC(=O)N[C@H]2CCCC[C@H]2C)cc1. The van der Waals surface area contributed by atoms with Gasteiger partial charge in [0.05, 0.1) is 7.11 Å². The largest absolute Gasteiger partial charge is 0.497 e. The molecule has 1 aliphatic carbocycles. The van der Waals surface area contributed by atoms with Crippen molar-refractivity contribution < 1.29 is 28.7 Å². The molecule has 1 saturated carbocycles. The number of imide groups is 1. The highest BCUT2D eigenvalue weighted by molar-refractivity contribution is 5.97. The van der Waals surface area contributed by atoms with Crippen molar-refractivity contribution >= 4 is 23.8 Å². The van der Waals surface area contributed by atoms with E-state index >= 15 is 0 Å². The summed E-state index contributed by atoms with van der Waals surface area (Å²) in [7, 11) is 1.52. The first-order valence-electron chi connectivity index (χ1n) is 9.57. The molecule has 1 aromatic carbocycles. The van der Waals surface area contributed by atoms with Crippen LogP contribution in [0.4, 0.5) is 4.79 Å². The number of methoxy groups -OCH3 is 1. The summed E-state index contributed by atoms with van der Waals surface area (Å²) < 4.78 is 9.78. The van der Waals surface area contributed by atoms with E-state index in [0.717, 1.165) is 25.7 Å². The van der Waals surface area contributed by atoms with Crippen molar-refractivity contribution in [2.45, 2.75) is 38.6 Å². The Balaban J connectivity index is 1.65. The Bertz CT molecular complexity index is 734. The highest BCUT2D eigenvalue weighted by Gasteiger charge is 2.23. The standard InChI is InChI=1S/C20H27N3O6/c1-13-5-3-4-6-16(13)22-20(27)23-17(24)12-29-18(25)11-21-19(26)14-7-9-15(28-2)10-8-14/h7-10,13,16H,3-6,11-12H2,1-2H3,(H,21,26)(H2,22,23,24,27)/t13-,16+/m1/s1. The van der Waals surface area contributed by atoms with E-state index in [-0.39, 0.29) is 6.04 Å². The summed E-state index contributed by atoms with van der Waals surface area (Å²) in [6.45, 7) is 1.06. The number of urea groups is 1. The molecule has 0 unspecified atom stereocenters.